The summed E-state index contributed by atoms with van der Waals surface area (Å²) in [7, 11) is 1.50. The minimum Gasteiger partial charge on any atom is -0.480 e. The van der Waals surface area contributed by atoms with Crippen molar-refractivity contribution >= 4 is 27.7 Å². The van der Waals surface area contributed by atoms with Gasteiger partial charge in [-0.3, -0.25) is 4.79 Å². The van der Waals surface area contributed by atoms with Crippen molar-refractivity contribution < 1.29 is 13.9 Å². The zero-order valence-electron chi connectivity index (χ0n) is 14.5. The van der Waals surface area contributed by atoms with Crippen molar-refractivity contribution in [2.75, 3.05) is 12.4 Å². The van der Waals surface area contributed by atoms with Crippen LogP contribution in [0.1, 0.15) is 29.2 Å². The molecule has 0 bridgehead atoms. The minimum absolute atomic E-state index is 0.140. The molecule has 1 amide bonds. The van der Waals surface area contributed by atoms with Crippen LogP contribution in [0.3, 0.4) is 0 Å². The van der Waals surface area contributed by atoms with E-state index in [1.165, 1.54) is 17.9 Å². The van der Waals surface area contributed by atoms with E-state index in [0.29, 0.717) is 28.8 Å². The first-order chi connectivity index (χ1) is 13.0. The number of carbonyl (C=O) groups excluding carboxylic acids is 1. The lowest BCUT2D eigenvalue weighted by Gasteiger charge is -2.24. The summed E-state index contributed by atoms with van der Waals surface area (Å²) in [6.45, 7) is 1.83. The molecule has 0 radical (unpaired) electrons. The van der Waals surface area contributed by atoms with Gasteiger partial charge in [0.2, 0.25) is 11.8 Å². The monoisotopic (exact) mass is 431 g/mol. The highest BCUT2D eigenvalue weighted by atomic mass is 79.9. The Balaban J connectivity index is 1.86. The molecule has 7 nitrogen and oxygen atoms in total. The third-order valence-electron chi connectivity index (χ3n) is 4.49. The summed E-state index contributed by atoms with van der Waals surface area (Å²) in [5.41, 5.74) is 1.90. The summed E-state index contributed by atoms with van der Waals surface area (Å²) in [4.78, 5) is 12.4. The van der Waals surface area contributed by atoms with Crippen molar-refractivity contribution in [3.05, 3.63) is 57.4 Å². The third kappa shape index (κ3) is 3.08. The van der Waals surface area contributed by atoms with E-state index in [1.807, 2.05) is 6.92 Å². The minimum atomic E-state index is -0.439. The van der Waals surface area contributed by atoms with Crippen LogP contribution < -0.4 is 10.1 Å². The van der Waals surface area contributed by atoms with Gasteiger partial charge in [-0.15, -0.1) is 10.2 Å². The normalized spacial score (nSPS) is 16.0. The Bertz CT molecular complexity index is 1030. The van der Waals surface area contributed by atoms with Gasteiger partial charge in [-0.1, -0.05) is 15.9 Å². The fraction of sp³-hybridized carbons (Fsp3) is 0.222. The number of aromatic nitrogens is 4. The Kier molecular flexibility index (Phi) is 4.39. The van der Waals surface area contributed by atoms with E-state index in [0.717, 1.165) is 10.0 Å². The van der Waals surface area contributed by atoms with Gasteiger partial charge in [0.1, 0.15) is 11.6 Å². The van der Waals surface area contributed by atoms with E-state index in [1.54, 1.807) is 24.3 Å². The van der Waals surface area contributed by atoms with Crippen LogP contribution in [0.2, 0.25) is 0 Å². The number of rotatable bonds is 3. The van der Waals surface area contributed by atoms with E-state index in [-0.39, 0.29) is 18.1 Å². The number of nitrogens with one attached hydrogen (secondary N) is 1. The number of halogens is 2. The predicted octanol–water partition coefficient (Wildman–Crippen LogP) is 3.36. The van der Waals surface area contributed by atoms with Crippen LogP contribution in [0, 0.1) is 12.7 Å². The molecule has 0 saturated heterocycles. The highest BCUT2D eigenvalue weighted by Crippen LogP contribution is 2.41. The molecule has 0 fully saturated rings. The Morgan fingerprint density at radius 3 is 2.81 bits per heavy atom. The van der Waals surface area contributed by atoms with Crippen molar-refractivity contribution in [1.82, 2.24) is 20.0 Å². The zero-order chi connectivity index (χ0) is 19.1. The maximum atomic E-state index is 14.5. The Morgan fingerprint density at radius 1 is 1.30 bits per heavy atom. The molecule has 3 aromatic rings. The summed E-state index contributed by atoms with van der Waals surface area (Å²) < 4.78 is 21.8. The number of aryl methyl sites for hydroxylation is 1. The van der Waals surface area contributed by atoms with E-state index in [2.05, 4.69) is 36.5 Å². The number of hydrogen-bond acceptors (Lipinski definition) is 5. The molecule has 3 heterocycles. The molecule has 4 rings (SSSR count). The van der Waals surface area contributed by atoms with Crippen LogP contribution in [-0.4, -0.2) is 33.0 Å². The van der Waals surface area contributed by atoms with Gasteiger partial charge in [-0.2, -0.15) is 9.78 Å². The van der Waals surface area contributed by atoms with Crippen molar-refractivity contribution in [1.29, 1.82) is 0 Å². The van der Waals surface area contributed by atoms with Crippen LogP contribution in [0.5, 0.6) is 5.88 Å². The average molecular weight is 432 g/mol. The fourth-order valence-electron chi connectivity index (χ4n) is 3.30. The van der Waals surface area contributed by atoms with E-state index >= 15 is 0 Å². The molecule has 0 aliphatic carbocycles. The Morgan fingerprint density at radius 2 is 2.11 bits per heavy atom. The molecular weight excluding hydrogens is 417 g/mol. The van der Waals surface area contributed by atoms with E-state index in [4.69, 9.17) is 4.74 Å². The molecule has 27 heavy (non-hydrogen) atoms. The van der Waals surface area contributed by atoms with Gasteiger partial charge in [-0.25, -0.2) is 4.39 Å². The summed E-state index contributed by atoms with van der Waals surface area (Å²) in [6, 6.07) is 8.06. The number of ether oxygens (including phenoxy) is 1. The van der Waals surface area contributed by atoms with Crippen LogP contribution in [0.15, 0.2) is 34.8 Å². The molecule has 1 N–H and O–H groups in total. The van der Waals surface area contributed by atoms with Gasteiger partial charge >= 0.3 is 0 Å². The molecule has 1 aromatic carbocycles. The molecule has 138 valence electrons. The second-order valence-electron chi connectivity index (χ2n) is 6.16. The molecule has 1 aliphatic heterocycles. The van der Waals surface area contributed by atoms with Gasteiger partial charge in [0, 0.05) is 28.4 Å². The van der Waals surface area contributed by atoms with Gasteiger partial charge in [0.15, 0.2) is 5.82 Å². The predicted molar refractivity (Wildman–Crippen MR) is 99.6 cm³/mol. The third-order valence-corrected chi connectivity index (χ3v) is 4.98. The van der Waals surface area contributed by atoms with E-state index < -0.39 is 5.92 Å². The van der Waals surface area contributed by atoms with E-state index in [9.17, 15) is 9.18 Å². The average Bonchev–Trinajstić information content (AvgIpc) is 2.99. The highest BCUT2D eigenvalue weighted by Gasteiger charge is 2.34. The van der Waals surface area contributed by atoms with Crippen molar-refractivity contribution in [3.8, 4) is 11.7 Å². The zero-order valence-corrected chi connectivity index (χ0v) is 16.1. The molecule has 2 aromatic heterocycles. The number of anilines is 1. The topological polar surface area (TPSA) is 81.9 Å². The number of hydrogen-bond donors (Lipinski definition) is 1. The molecule has 0 saturated carbocycles. The highest BCUT2D eigenvalue weighted by molar-refractivity contribution is 9.10. The van der Waals surface area contributed by atoms with Crippen molar-refractivity contribution in [3.63, 3.8) is 0 Å². The summed E-state index contributed by atoms with van der Waals surface area (Å²) >= 11 is 3.37. The summed E-state index contributed by atoms with van der Waals surface area (Å²) in [5, 5.41) is 15.4. The lowest BCUT2D eigenvalue weighted by Crippen LogP contribution is -2.25. The van der Waals surface area contributed by atoms with Crippen LogP contribution in [0.4, 0.5) is 10.2 Å². The standard InChI is InChI=1S/C18H15BrFN5O2/c1-9-17-12(11-7-10(19)3-4-13(11)20)8-15(26)21-18(17)25(24-9)14-5-6-16(27-2)23-22-14/h3-7,12H,8H2,1-2H3,(H,21,26). The number of nitrogens with zero attached hydrogens (tertiary/aromatic N) is 4. The molecule has 0 spiro atoms. The van der Waals surface area contributed by atoms with Gasteiger partial charge in [-0.05, 0) is 36.8 Å². The first-order valence-corrected chi connectivity index (χ1v) is 8.99. The number of benzene rings is 1. The second-order valence-corrected chi connectivity index (χ2v) is 7.08. The molecular formula is C18H15BrFN5O2. The van der Waals surface area contributed by atoms with Crippen LogP contribution in [0.25, 0.3) is 5.82 Å². The maximum Gasteiger partial charge on any atom is 0.233 e. The smallest absolute Gasteiger partial charge is 0.233 e. The van der Waals surface area contributed by atoms with Gasteiger partial charge in [0.25, 0.3) is 0 Å². The molecule has 9 heteroatoms. The first kappa shape index (κ1) is 17.6. The number of carbonyl (C=O) groups is 1. The Labute approximate surface area is 162 Å². The largest absolute Gasteiger partial charge is 0.480 e. The van der Waals surface area contributed by atoms with Crippen LogP contribution >= 0.6 is 15.9 Å². The molecule has 1 atom stereocenters. The number of fused-ring (bicyclic) bond motifs is 1. The van der Waals surface area contributed by atoms with Gasteiger partial charge in [0.05, 0.1) is 12.8 Å². The summed E-state index contributed by atoms with van der Waals surface area (Å²) in [5.74, 6) is 0.263. The number of methoxy groups -OCH3 is 1. The SMILES string of the molecule is COc1ccc(-n2nc(C)c3c2NC(=O)CC3c2cc(Br)ccc2F)nn1. The van der Waals surface area contributed by atoms with Crippen molar-refractivity contribution in [2.45, 2.75) is 19.3 Å². The number of amides is 1. The van der Waals surface area contributed by atoms with Gasteiger partial charge < -0.3 is 10.1 Å². The maximum absolute atomic E-state index is 14.5. The van der Waals surface area contributed by atoms with Crippen molar-refractivity contribution in [2.24, 2.45) is 0 Å². The van der Waals surface area contributed by atoms with Crippen LogP contribution in [-0.2, 0) is 4.79 Å². The quantitative estimate of drug-likeness (QED) is 0.687. The Hall–Kier alpha value is -2.81. The first-order valence-electron chi connectivity index (χ1n) is 8.20. The lowest BCUT2D eigenvalue weighted by molar-refractivity contribution is -0.116. The fourth-order valence-corrected chi connectivity index (χ4v) is 3.67. The molecule has 1 unspecified atom stereocenters. The lowest BCUT2D eigenvalue weighted by atomic mass is 9.85. The molecule has 1 aliphatic rings. The second kappa shape index (κ2) is 6.73. The summed E-state index contributed by atoms with van der Waals surface area (Å²) in [6.07, 6.45) is 0.140.